The van der Waals surface area contributed by atoms with E-state index < -0.39 is 0 Å². The van der Waals surface area contributed by atoms with Gasteiger partial charge in [0.1, 0.15) is 0 Å². The van der Waals surface area contributed by atoms with Gasteiger partial charge in [-0.25, -0.2) is 0 Å². The van der Waals surface area contributed by atoms with Crippen molar-refractivity contribution in [2.75, 3.05) is 39.9 Å². The second-order valence-electron chi connectivity index (χ2n) is 6.27. The van der Waals surface area contributed by atoms with Crippen LogP contribution in [0.4, 0.5) is 0 Å². The summed E-state index contributed by atoms with van der Waals surface area (Å²) in [7, 11) is 1.81. The quantitative estimate of drug-likeness (QED) is 0.810. The summed E-state index contributed by atoms with van der Waals surface area (Å²) in [6.45, 7) is 10.4. The van der Waals surface area contributed by atoms with Gasteiger partial charge in [-0.3, -0.25) is 4.90 Å². The van der Waals surface area contributed by atoms with Gasteiger partial charge in [0.05, 0.1) is 0 Å². The standard InChI is InChI=1S/C14H28N2O/c1-12-7-14(11-15-8-12)5-4-6-16(14)9-13(2)10-17-3/h12-13,15H,4-11H2,1-3H3. The molecule has 0 aliphatic carbocycles. The van der Waals surface area contributed by atoms with Crippen LogP contribution in [-0.2, 0) is 4.74 Å². The van der Waals surface area contributed by atoms with E-state index in [0.717, 1.165) is 12.5 Å². The van der Waals surface area contributed by atoms with Gasteiger partial charge in [0.2, 0.25) is 0 Å². The van der Waals surface area contributed by atoms with Crippen LogP contribution in [0.5, 0.6) is 0 Å². The third kappa shape index (κ3) is 3.01. The Balaban J connectivity index is 1.96. The second-order valence-corrected chi connectivity index (χ2v) is 6.27. The summed E-state index contributed by atoms with van der Waals surface area (Å²) in [6, 6.07) is 0. The zero-order valence-electron chi connectivity index (χ0n) is 11.7. The average Bonchev–Trinajstić information content (AvgIpc) is 2.61. The Bertz CT molecular complexity index is 246. The average molecular weight is 240 g/mol. The van der Waals surface area contributed by atoms with Crippen molar-refractivity contribution in [1.29, 1.82) is 0 Å². The van der Waals surface area contributed by atoms with Crippen molar-refractivity contribution in [3.05, 3.63) is 0 Å². The first kappa shape index (κ1) is 13.3. The fourth-order valence-corrected chi connectivity index (χ4v) is 3.77. The summed E-state index contributed by atoms with van der Waals surface area (Å²) in [4.78, 5) is 2.74. The number of rotatable bonds is 4. The molecule has 2 aliphatic rings. The number of nitrogens with zero attached hydrogens (tertiary/aromatic N) is 1. The minimum Gasteiger partial charge on any atom is -0.384 e. The van der Waals surface area contributed by atoms with Crippen molar-refractivity contribution in [2.24, 2.45) is 11.8 Å². The smallest absolute Gasteiger partial charge is 0.0500 e. The predicted molar refractivity (Wildman–Crippen MR) is 71.2 cm³/mol. The van der Waals surface area contributed by atoms with Crippen LogP contribution in [-0.4, -0.2) is 50.3 Å². The number of ether oxygens (including phenoxy) is 1. The molecule has 2 saturated heterocycles. The zero-order valence-corrected chi connectivity index (χ0v) is 11.7. The van der Waals surface area contributed by atoms with E-state index in [2.05, 4.69) is 24.1 Å². The second kappa shape index (κ2) is 5.68. The number of hydrogen-bond acceptors (Lipinski definition) is 3. The van der Waals surface area contributed by atoms with E-state index in [0.29, 0.717) is 11.5 Å². The van der Waals surface area contributed by atoms with Crippen molar-refractivity contribution in [2.45, 2.75) is 38.6 Å². The highest BCUT2D eigenvalue weighted by Crippen LogP contribution is 2.36. The van der Waals surface area contributed by atoms with E-state index >= 15 is 0 Å². The molecule has 3 atom stereocenters. The van der Waals surface area contributed by atoms with Crippen LogP contribution in [0.1, 0.15) is 33.1 Å². The van der Waals surface area contributed by atoms with Crippen LogP contribution in [0, 0.1) is 11.8 Å². The van der Waals surface area contributed by atoms with Gasteiger partial charge in [-0.05, 0) is 44.2 Å². The molecule has 3 nitrogen and oxygen atoms in total. The first-order chi connectivity index (χ1) is 8.16. The number of hydrogen-bond donors (Lipinski definition) is 1. The lowest BCUT2D eigenvalue weighted by Crippen LogP contribution is -2.57. The summed E-state index contributed by atoms with van der Waals surface area (Å²) in [5.74, 6) is 1.47. The molecular formula is C14H28N2O. The largest absolute Gasteiger partial charge is 0.384 e. The van der Waals surface area contributed by atoms with Gasteiger partial charge in [-0.1, -0.05) is 13.8 Å². The molecule has 0 aromatic carbocycles. The number of nitrogens with one attached hydrogen (secondary N) is 1. The Morgan fingerprint density at radius 2 is 2.35 bits per heavy atom. The highest BCUT2D eigenvalue weighted by atomic mass is 16.5. The Morgan fingerprint density at radius 3 is 3.06 bits per heavy atom. The first-order valence-electron chi connectivity index (χ1n) is 7.11. The molecule has 3 heteroatoms. The lowest BCUT2D eigenvalue weighted by atomic mass is 9.82. The van der Waals surface area contributed by atoms with E-state index in [1.54, 1.807) is 7.11 Å². The van der Waals surface area contributed by atoms with E-state index in [4.69, 9.17) is 4.74 Å². The van der Waals surface area contributed by atoms with Crippen LogP contribution in [0.25, 0.3) is 0 Å². The first-order valence-corrected chi connectivity index (χ1v) is 7.11. The molecule has 2 fully saturated rings. The van der Waals surface area contributed by atoms with E-state index in [1.807, 2.05) is 0 Å². The fraction of sp³-hybridized carbons (Fsp3) is 1.00. The van der Waals surface area contributed by atoms with Crippen LogP contribution in [0.2, 0.25) is 0 Å². The topological polar surface area (TPSA) is 24.5 Å². The monoisotopic (exact) mass is 240 g/mol. The molecule has 2 aliphatic heterocycles. The van der Waals surface area contributed by atoms with Crippen molar-refractivity contribution < 1.29 is 4.74 Å². The maximum atomic E-state index is 5.27. The van der Waals surface area contributed by atoms with Gasteiger partial charge < -0.3 is 10.1 Å². The highest BCUT2D eigenvalue weighted by molar-refractivity contribution is 5.01. The molecular weight excluding hydrogens is 212 g/mol. The fourth-order valence-electron chi connectivity index (χ4n) is 3.77. The molecule has 17 heavy (non-hydrogen) atoms. The van der Waals surface area contributed by atoms with Gasteiger partial charge in [-0.2, -0.15) is 0 Å². The van der Waals surface area contributed by atoms with Gasteiger partial charge in [0.25, 0.3) is 0 Å². The number of methoxy groups -OCH3 is 1. The summed E-state index contributed by atoms with van der Waals surface area (Å²) in [5, 5.41) is 3.63. The van der Waals surface area contributed by atoms with Crippen molar-refractivity contribution >= 4 is 0 Å². The summed E-state index contributed by atoms with van der Waals surface area (Å²) >= 11 is 0. The molecule has 0 saturated carbocycles. The summed E-state index contributed by atoms with van der Waals surface area (Å²) < 4.78 is 5.27. The Hall–Kier alpha value is -0.120. The van der Waals surface area contributed by atoms with Crippen molar-refractivity contribution in [3.8, 4) is 0 Å². The summed E-state index contributed by atoms with van der Waals surface area (Å²) in [6.07, 6.45) is 4.12. The molecule has 2 heterocycles. The SMILES string of the molecule is COCC(C)CN1CCCC12CNCC(C)C2. The molecule has 0 aromatic rings. The van der Waals surface area contributed by atoms with Gasteiger partial charge >= 0.3 is 0 Å². The molecule has 3 unspecified atom stereocenters. The third-order valence-electron chi connectivity index (χ3n) is 4.40. The third-order valence-corrected chi connectivity index (χ3v) is 4.40. The number of piperidine rings is 1. The van der Waals surface area contributed by atoms with Crippen LogP contribution >= 0.6 is 0 Å². The molecule has 1 N–H and O–H groups in total. The molecule has 0 bridgehead atoms. The van der Waals surface area contributed by atoms with Crippen LogP contribution < -0.4 is 5.32 Å². The van der Waals surface area contributed by atoms with E-state index in [-0.39, 0.29) is 0 Å². The highest BCUT2D eigenvalue weighted by Gasteiger charge is 2.43. The van der Waals surface area contributed by atoms with Crippen LogP contribution in [0.3, 0.4) is 0 Å². The Kier molecular flexibility index (Phi) is 4.45. The Labute approximate surface area is 106 Å². The van der Waals surface area contributed by atoms with Crippen LogP contribution in [0.15, 0.2) is 0 Å². The van der Waals surface area contributed by atoms with Crippen molar-refractivity contribution in [3.63, 3.8) is 0 Å². The lowest BCUT2D eigenvalue weighted by Gasteiger charge is -2.45. The maximum absolute atomic E-state index is 5.27. The lowest BCUT2D eigenvalue weighted by molar-refractivity contribution is 0.0542. The molecule has 0 aromatic heterocycles. The number of likely N-dealkylation sites (tertiary alicyclic amines) is 1. The van der Waals surface area contributed by atoms with Gasteiger partial charge in [-0.15, -0.1) is 0 Å². The van der Waals surface area contributed by atoms with E-state index in [9.17, 15) is 0 Å². The van der Waals surface area contributed by atoms with Crippen molar-refractivity contribution in [1.82, 2.24) is 10.2 Å². The molecule has 2 rings (SSSR count). The minimum absolute atomic E-state index is 0.458. The summed E-state index contributed by atoms with van der Waals surface area (Å²) in [5.41, 5.74) is 0.458. The minimum atomic E-state index is 0.458. The predicted octanol–water partition coefficient (Wildman–Crippen LogP) is 1.73. The molecule has 0 radical (unpaired) electrons. The molecule has 100 valence electrons. The normalized spacial score (nSPS) is 36.5. The zero-order chi connectivity index (χ0) is 12.3. The van der Waals surface area contributed by atoms with Gasteiger partial charge in [0, 0.05) is 32.3 Å². The maximum Gasteiger partial charge on any atom is 0.0500 e. The molecule has 0 amide bonds. The Morgan fingerprint density at radius 1 is 1.53 bits per heavy atom. The van der Waals surface area contributed by atoms with Gasteiger partial charge in [0.15, 0.2) is 0 Å². The molecule has 1 spiro atoms. The van der Waals surface area contributed by atoms with E-state index in [1.165, 1.54) is 45.4 Å².